The second-order valence-corrected chi connectivity index (χ2v) is 4.40. The first-order valence-corrected chi connectivity index (χ1v) is 5.80. The van der Waals surface area contributed by atoms with Crippen LogP contribution < -0.4 is 0 Å². The normalized spacial score (nSPS) is 10.3. The lowest BCUT2D eigenvalue weighted by Crippen LogP contribution is -2.01. The number of rotatable bonds is 2. The molecule has 76 valence electrons. The van der Waals surface area contributed by atoms with Crippen LogP contribution >= 0.6 is 27.3 Å². The maximum absolute atomic E-state index is 13.2. The smallest absolute Gasteiger partial charge is 0.212 e. The van der Waals surface area contributed by atoms with Gasteiger partial charge in [0, 0.05) is 10.9 Å². The molecule has 1 heterocycles. The van der Waals surface area contributed by atoms with Crippen molar-refractivity contribution in [3.05, 3.63) is 50.6 Å². The van der Waals surface area contributed by atoms with E-state index in [-0.39, 0.29) is 5.78 Å². The van der Waals surface area contributed by atoms with Crippen molar-refractivity contribution in [2.75, 3.05) is 0 Å². The summed E-state index contributed by atoms with van der Waals surface area (Å²) in [6.07, 6.45) is 0. The summed E-state index contributed by atoms with van der Waals surface area (Å²) in [6.45, 7) is 0. The van der Waals surface area contributed by atoms with E-state index in [9.17, 15) is 9.18 Å². The van der Waals surface area contributed by atoms with Gasteiger partial charge in [-0.05, 0) is 34.1 Å². The van der Waals surface area contributed by atoms with Crippen LogP contribution in [0.2, 0.25) is 0 Å². The molecular formula is C10H5BrFNOS. The summed E-state index contributed by atoms with van der Waals surface area (Å²) in [5.74, 6) is -0.710. The van der Waals surface area contributed by atoms with Crippen molar-refractivity contribution in [1.29, 1.82) is 0 Å². The number of aromatic nitrogens is 1. The summed E-state index contributed by atoms with van der Waals surface area (Å²) in [7, 11) is 0. The van der Waals surface area contributed by atoms with E-state index in [0.717, 1.165) is 0 Å². The maximum atomic E-state index is 13.2. The molecule has 0 radical (unpaired) electrons. The van der Waals surface area contributed by atoms with Gasteiger partial charge in [-0.1, -0.05) is 0 Å². The van der Waals surface area contributed by atoms with E-state index in [1.54, 1.807) is 17.0 Å². The van der Waals surface area contributed by atoms with Crippen LogP contribution in [0.25, 0.3) is 0 Å². The second-order valence-electron chi connectivity index (χ2n) is 2.83. The average Bonchev–Trinajstić information content (AvgIpc) is 2.74. The van der Waals surface area contributed by atoms with Gasteiger partial charge in [0.15, 0.2) is 0 Å². The van der Waals surface area contributed by atoms with Crippen LogP contribution in [0.4, 0.5) is 4.39 Å². The summed E-state index contributed by atoms with van der Waals surface area (Å²) >= 11 is 4.36. The number of carbonyl (C=O) groups excluding carboxylic acids is 1. The number of ketones is 1. The number of hydrogen-bond donors (Lipinski definition) is 0. The van der Waals surface area contributed by atoms with Crippen LogP contribution in [-0.4, -0.2) is 10.8 Å². The quantitative estimate of drug-likeness (QED) is 0.793. The Morgan fingerprint density at radius 1 is 1.47 bits per heavy atom. The van der Waals surface area contributed by atoms with Gasteiger partial charge >= 0.3 is 0 Å². The summed E-state index contributed by atoms with van der Waals surface area (Å²) in [4.78, 5) is 15.6. The summed E-state index contributed by atoms with van der Waals surface area (Å²) in [6, 6.07) is 4.27. The first-order valence-electron chi connectivity index (χ1n) is 4.06. The Morgan fingerprint density at radius 2 is 2.27 bits per heavy atom. The molecule has 0 saturated heterocycles. The molecule has 0 aliphatic carbocycles. The molecule has 15 heavy (non-hydrogen) atoms. The lowest BCUT2D eigenvalue weighted by Gasteiger charge is -1.99. The molecule has 0 unspecified atom stereocenters. The molecule has 0 saturated carbocycles. The topological polar surface area (TPSA) is 30.0 Å². The van der Waals surface area contributed by atoms with E-state index >= 15 is 0 Å². The van der Waals surface area contributed by atoms with E-state index in [2.05, 4.69) is 20.9 Å². The molecule has 0 atom stereocenters. The first-order chi connectivity index (χ1) is 7.18. The SMILES string of the molecule is O=C(c1ccc(Br)c(F)c1)c1cscn1. The van der Waals surface area contributed by atoms with Crippen molar-refractivity contribution in [3.63, 3.8) is 0 Å². The largest absolute Gasteiger partial charge is 0.287 e. The third-order valence-electron chi connectivity index (χ3n) is 1.85. The Balaban J connectivity index is 2.39. The van der Waals surface area contributed by atoms with Crippen LogP contribution in [0.15, 0.2) is 33.6 Å². The van der Waals surface area contributed by atoms with Gasteiger partial charge in [-0.3, -0.25) is 4.79 Å². The van der Waals surface area contributed by atoms with Gasteiger partial charge in [-0.25, -0.2) is 9.37 Å². The van der Waals surface area contributed by atoms with Crippen molar-refractivity contribution >= 4 is 33.0 Å². The van der Waals surface area contributed by atoms with Crippen molar-refractivity contribution in [2.24, 2.45) is 0 Å². The zero-order chi connectivity index (χ0) is 10.8. The molecule has 2 rings (SSSR count). The van der Waals surface area contributed by atoms with Gasteiger partial charge in [0.2, 0.25) is 5.78 Å². The zero-order valence-electron chi connectivity index (χ0n) is 7.41. The number of hydrogen-bond acceptors (Lipinski definition) is 3. The number of carbonyl (C=O) groups is 1. The molecular weight excluding hydrogens is 281 g/mol. The van der Waals surface area contributed by atoms with Gasteiger partial charge in [0.25, 0.3) is 0 Å². The van der Waals surface area contributed by atoms with E-state index in [1.807, 2.05) is 0 Å². The number of benzene rings is 1. The highest BCUT2D eigenvalue weighted by Gasteiger charge is 2.12. The van der Waals surface area contributed by atoms with Crippen LogP contribution in [-0.2, 0) is 0 Å². The molecule has 0 amide bonds. The van der Waals surface area contributed by atoms with Gasteiger partial charge in [0.1, 0.15) is 11.5 Å². The summed E-state index contributed by atoms with van der Waals surface area (Å²) in [5.41, 5.74) is 2.23. The van der Waals surface area contributed by atoms with Crippen molar-refractivity contribution in [1.82, 2.24) is 4.98 Å². The fraction of sp³-hybridized carbons (Fsp3) is 0. The lowest BCUT2D eigenvalue weighted by atomic mass is 10.1. The molecule has 1 aromatic carbocycles. The lowest BCUT2D eigenvalue weighted by molar-refractivity contribution is 0.103. The zero-order valence-corrected chi connectivity index (χ0v) is 9.81. The Labute approximate surface area is 97.9 Å². The van der Waals surface area contributed by atoms with Crippen LogP contribution in [0.5, 0.6) is 0 Å². The van der Waals surface area contributed by atoms with Crippen molar-refractivity contribution in [2.45, 2.75) is 0 Å². The van der Waals surface area contributed by atoms with E-state index in [1.165, 1.54) is 23.5 Å². The minimum absolute atomic E-state index is 0.261. The molecule has 2 aromatic rings. The third-order valence-corrected chi connectivity index (χ3v) is 3.08. The van der Waals surface area contributed by atoms with Crippen molar-refractivity contribution < 1.29 is 9.18 Å². The molecule has 5 heteroatoms. The predicted molar refractivity (Wildman–Crippen MR) is 59.6 cm³/mol. The molecule has 0 aliphatic heterocycles. The molecule has 0 N–H and O–H groups in total. The van der Waals surface area contributed by atoms with Gasteiger partial charge < -0.3 is 0 Å². The van der Waals surface area contributed by atoms with E-state index < -0.39 is 5.82 Å². The monoisotopic (exact) mass is 285 g/mol. The molecule has 0 fully saturated rings. The Bertz CT molecular complexity index is 498. The Morgan fingerprint density at radius 3 is 2.87 bits per heavy atom. The van der Waals surface area contributed by atoms with Crippen LogP contribution in [0.1, 0.15) is 16.1 Å². The van der Waals surface area contributed by atoms with Gasteiger partial charge in [0.05, 0.1) is 9.98 Å². The van der Waals surface area contributed by atoms with Crippen molar-refractivity contribution in [3.8, 4) is 0 Å². The molecule has 1 aromatic heterocycles. The molecule has 0 bridgehead atoms. The van der Waals surface area contributed by atoms with Crippen LogP contribution in [0.3, 0.4) is 0 Å². The number of nitrogens with zero attached hydrogens (tertiary/aromatic N) is 1. The fourth-order valence-electron chi connectivity index (χ4n) is 1.11. The molecule has 0 aliphatic rings. The second kappa shape index (κ2) is 4.20. The third kappa shape index (κ3) is 2.13. The first kappa shape index (κ1) is 10.4. The van der Waals surface area contributed by atoms with Gasteiger partial charge in [-0.2, -0.15) is 0 Å². The summed E-state index contributed by atoms with van der Waals surface area (Å²) in [5, 5.41) is 1.64. The minimum atomic E-state index is -0.448. The van der Waals surface area contributed by atoms with Crippen LogP contribution in [0, 0.1) is 5.82 Å². The Kier molecular flexibility index (Phi) is 2.93. The fourth-order valence-corrected chi connectivity index (χ4v) is 1.89. The summed E-state index contributed by atoms with van der Waals surface area (Å²) < 4.78 is 13.5. The number of halogens is 2. The highest BCUT2D eigenvalue weighted by molar-refractivity contribution is 9.10. The molecule has 0 spiro atoms. The maximum Gasteiger partial charge on any atom is 0.212 e. The van der Waals surface area contributed by atoms with E-state index in [4.69, 9.17) is 0 Å². The Hall–Kier alpha value is -1.07. The molecule has 2 nitrogen and oxygen atoms in total. The average molecular weight is 286 g/mol. The standard InChI is InChI=1S/C10H5BrFNOS/c11-7-2-1-6(3-8(7)12)10(14)9-4-15-5-13-9/h1-5H. The number of thiazole rings is 1. The predicted octanol–water partition coefficient (Wildman–Crippen LogP) is 3.28. The highest BCUT2D eigenvalue weighted by atomic mass is 79.9. The minimum Gasteiger partial charge on any atom is -0.287 e. The van der Waals surface area contributed by atoms with E-state index in [0.29, 0.717) is 15.7 Å². The van der Waals surface area contributed by atoms with Gasteiger partial charge in [-0.15, -0.1) is 11.3 Å². The highest BCUT2D eigenvalue weighted by Crippen LogP contribution is 2.18.